The van der Waals surface area contributed by atoms with E-state index in [9.17, 15) is 105 Å². The molecule has 0 aliphatic carbocycles. The van der Waals surface area contributed by atoms with E-state index < -0.39 is 73.0 Å². The molecule has 0 saturated heterocycles. The van der Waals surface area contributed by atoms with Crippen molar-refractivity contribution in [2.24, 2.45) is 0 Å². The molecule has 0 fully saturated rings. The zero-order valence-electron chi connectivity index (χ0n) is 17.5. The SMILES string of the molecule is F.F.F.F.F.F.FC(F)=C(F)F.FC(F)=C(F)F.FC(F)=C(F)F.FC(F)=C(F)F.FC(F)=C(F)F.FC(F)=C(F)F. The number of rotatable bonds is 0. The van der Waals surface area contributed by atoms with Gasteiger partial charge in [0.2, 0.25) is 0 Å². The molecule has 0 spiro atoms. The van der Waals surface area contributed by atoms with Gasteiger partial charge in [0.05, 0.1) is 0 Å². The molecule has 0 aromatic rings. The molecule has 0 saturated carbocycles. The number of hydrogen-bond donors (Lipinski definition) is 0. The van der Waals surface area contributed by atoms with Gasteiger partial charge in [-0.1, -0.05) is 0 Å². The van der Waals surface area contributed by atoms with Gasteiger partial charge in [-0.25, -0.2) is 0 Å². The minimum Gasteiger partial charge on any atom is -0.269 e. The van der Waals surface area contributed by atoms with Gasteiger partial charge >= 0.3 is 73.0 Å². The average molecular weight is 720 g/mol. The van der Waals surface area contributed by atoms with Gasteiger partial charge in [-0.05, 0) is 0 Å². The monoisotopic (exact) mass is 720 g/mol. The Balaban J connectivity index is -0.0000000250. The molecule has 0 aliphatic rings. The highest BCUT2D eigenvalue weighted by atomic mass is 19.3. The van der Waals surface area contributed by atoms with Crippen LogP contribution in [0.5, 0.6) is 0 Å². The Hall–Kier alpha value is -3.66. The van der Waals surface area contributed by atoms with Crippen LogP contribution in [0.25, 0.3) is 0 Å². The van der Waals surface area contributed by atoms with Crippen LogP contribution in [0.2, 0.25) is 0 Å². The van der Waals surface area contributed by atoms with Crippen LogP contribution in [0, 0.1) is 0 Å². The van der Waals surface area contributed by atoms with Crippen LogP contribution in [0.15, 0.2) is 73.0 Å². The van der Waals surface area contributed by atoms with Crippen LogP contribution in [-0.2, 0) is 0 Å². The topological polar surface area (TPSA) is 0 Å². The molecule has 0 unspecified atom stereocenters. The van der Waals surface area contributed by atoms with E-state index in [1.165, 1.54) is 0 Å². The summed E-state index contributed by atoms with van der Waals surface area (Å²) in [5, 5.41) is 0. The van der Waals surface area contributed by atoms with Crippen LogP contribution in [0.3, 0.4) is 0 Å². The highest BCUT2D eigenvalue weighted by Crippen LogP contribution is 2.10. The molecule has 0 bridgehead atoms. The van der Waals surface area contributed by atoms with Crippen molar-refractivity contribution in [1.82, 2.24) is 0 Å². The summed E-state index contributed by atoms with van der Waals surface area (Å²) in [4.78, 5) is 0. The van der Waals surface area contributed by atoms with E-state index in [0.29, 0.717) is 0 Å². The van der Waals surface area contributed by atoms with E-state index in [-0.39, 0.29) is 28.2 Å². The van der Waals surface area contributed by atoms with E-state index >= 15 is 0 Å². The summed E-state index contributed by atoms with van der Waals surface area (Å²) in [6.07, 6.45) is -34.9. The van der Waals surface area contributed by atoms with E-state index in [0.717, 1.165) is 0 Å². The predicted octanol–water partition coefficient (Wildman–Crippen LogP) is 12.9. The fraction of sp³-hybridized carbons (Fsp3) is 0. The maximum absolute atomic E-state index is 10.3. The molecule has 0 aromatic carbocycles. The second-order valence-electron chi connectivity index (χ2n) is 3.12. The van der Waals surface area contributed by atoms with Gasteiger partial charge in [-0.3, -0.25) is 28.2 Å². The smallest absolute Gasteiger partial charge is 0.269 e. The molecule has 0 N–H and O–H groups in total. The molecule has 0 radical (unpaired) electrons. The Labute approximate surface area is 208 Å². The van der Waals surface area contributed by atoms with Crippen LogP contribution in [-0.4, -0.2) is 0 Å². The minimum atomic E-state index is -2.91. The summed E-state index contributed by atoms with van der Waals surface area (Å²) < 4.78 is 247. The maximum atomic E-state index is 10.3. The predicted molar refractivity (Wildman–Crippen MR) is 83.8 cm³/mol. The maximum Gasteiger partial charge on any atom is 0.334 e. The quantitative estimate of drug-likeness (QED) is 0.219. The molecule has 264 valence electrons. The summed E-state index contributed by atoms with van der Waals surface area (Å²) >= 11 is 0. The van der Waals surface area contributed by atoms with Crippen LogP contribution >= 0.6 is 0 Å². The first-order chi connectivity index (χ1) is 15.9. The summed E-state index contributed by atoms with van der Waals surface area (Å²) in [6, 6.07) is 0. The Morgan fingerprint density at radius 2 is 0.143 bits per heavy atom. The second-order valence-corrected chi connectivity index (χ2v) is 3.12. The summed E-state index contributed by atoms with van der Waals surface area (Å²) in [7, 11) is 0. The Morgan fingerprint density at radius 1 is 0.119 bits per heavy atom. The third-order valence-electron chi connectivity index (χ3n) is 0.857. The van der Waals surface area contributed by atoms with E-state index in [1.54, 1.807) is 0 Å². The third kappa shape index (κ3) is 110. The highest BCUT2D eigenvalue weighted by molar-refractivity contribution is 4.79. The summed E-state index contributed by atoms with van der Waals surface area (Å²) in [5.41, 5.74) is 0. The van der Waals surface area contributed by atoms with Gasteiger partial charge in [0.25, 0.3) is 0 Å². The normalized spacial score (nSPS) is 6.86. The van der Waals surface area contributed by atoms with Crippen molar-refractivity contribution in [3.63, 3.8) is 0 Å². The summed E-state index contributed by atoms with van der Waals surface area (Å²) in [6.45, 7) is 0. The first kappa shape index (κ1) is 77.0. The van der Waals surface area contributed by atoms with Gasteiger partial charge in [0.15, 0.2) is 0 Å². The molecule has 0 amide bonds. The third-order valence-corrected chi connectivity index (χ3v) is 0.857. The largest absolute Gasteiger partial charge is 0.334 e. The fourth-order valence-corrected chi connectivity index (χ4v) is 0. The molecule has 30 heteroatoms. The lowest BCUT2D eigenvalue weighted by Gasteiger charge is -1.69. The molecule has 0 nitrogen and oxygen atoms in total. The van der Waals surface area contributed by atoms with E-state index in [1.807, 2.05) is 0 Å². The zero-order chi connectivity index (χ0) is 30.9. The van der Waals surface area contributed by atoms with Gasteiger partial charge in [0, 0.05) is 0 Å². The molecule has 0 aliphatic heterocycles. The number of hydrogen-bond acceptors (Lipinski definition) is 0. The lowest BCUT2D eigenvalue weighted by atomic mass is 11.1. The average Bonchev–Trinajstić information content (AvgIpc) is 2.69. The van der Waals surface area contributed by atoms with Crippen LogP contribution < -0.4 is 0 Å². The zero-order valence-corrected chi connectivity index (χ0v) is 17.5. The van der Waals surface area contributed by atoms with Crippen molar-refractivity contribution in [2.45, 2.75) is 0 Å². The Bertz CT molecular complexity index is 508. The second kappa shape index (κ2) is 47.1. The fourth-order valence-electron chi connectivity index (χ4n) is 0. The highest BCUT2D eigenvalue weighted by Gasteiger charge is 2.00. The van der Waals surface area contributed by atoms with Gasteiger partial charge < -0.3 is 0 Å². The molecular weight excluding hydrogens is 714 g/mol. The molecule has 0 rings (SSSR count). The van der Waals surface area contributed by atoms with Crippen molar-refractivity contribution < 1.29 is 134 Å². The molecule has 0 atom stereocenters. The first-order valence-corrected chi connectivity index (χ1v) is 6.04. The van der Waals surface area contributed by atoms with Crippen LogP contribution in [0.4, 0.5) is 134 Å². The Morgan fingerprint density at radius 3 is 0.143 bits per heavy atom. The van der Waals surface area contributed by atoms with Crippen molar-refractivity contribution in [1.29, 1.82) is 0 Å². The van der Waals surface area contributed by atoms with E-state index in [2.05, 4.69) is 0 Å². The first-order valence-electron chi connectivity index (χ1n) is 6.04. The lowest BCUT2D eigenvalue weighted by molar-refractivity contribution is 0.308. The van der Waals surface area contributed by atoms with Crippen molar-refractivity contribution in [3.05, 3.63) is 73.0 Å². The lowest BCUT2D eigenvalue weighted by Crippen LogP contribution is -1.56. The van der Waals surface area contributed by atoms with Gasteiger partial charge in [-0.15, -0.1) is 0 Å². The van der Waals surface area contributed by atoms with Crippen LogP contribution in [0.1, 0.15) is 0 Å². The minimum absolute atomic E-state index is 0. The number of halogens is 30. The van der Waals surface area contributed by atoms with E-state index in [4.69, 9.17) is 0 Å². The standard InChI is InChI=1S/6C2F4.6FH/c6*3-1(4)2(5)6;;;;;;/h;;;;;;6*1H. The van der Waals surface area contributed by atoms with Crippen molar-refractivity contribution in [3.8, 4) is 0 Å². The molecule has 0 heterocycles. The molecule has 42 heavy (non-hydrogen) atoms. The molecular formula is C12H6F30. The van der Waals surface area contributed by atoms with Crippen molar-refractivity contribution >= 4 is 0 Å². The van der Waals surface area contributed by atoms with Crippen molar-refractivity contribution in [2.75, 3.05) is 0 Å². The molecule has 0 aromatic heterocycles. The van der Waals surface area contributed by atoms with Gasteiger partial charge in [0.1, 0.15) is 0 Å². The van der Waals surface area contributed by atoms with Gasteiger partial charge in [-0.2, -0.15) is 105 Å². The Kier molecular flexibility index (Phi) is 86.5. The summed E-state index contributed by atoms with van der Waals surface area (Å²) in [5.74, 6) is 0.